The minimum Gasteiger partial charge on any atom is -0.354 e. The quantitative estimate of drug-likeness (QED) is 0.556. The van der Waals surface area contributed by atoms with E-state index in [2.05, 4.69) is 20.9 Å². The van der Waals surface area contributed by atoms with Crippen LogP contribution >= 0.6 is 0 Å². The highest BCUT2D eigenvalue weighted by atomic mass is 16.7. The largest absolute Gasteiger partial charge is 0.354 e. The summed E-state index contributed by atoms with van der Waals surface area (Å²) < 4.78 is 12.5. The molecule has 158 valence electrons. The lowest BCUT2D eigenvalue weighted by atomic mass is 10.1. The van der Waals surface area contributed by atoms with Crippen LogP contribution in [0.1, 0.15) is 43.7 Å². The second kappa shape index (κ2) is 11.3. The van der Waals surface area contributed by atoms with Crippen molar-refractivity contribution in [2.75, 3.05) is 18.5 Å². The molecule has 0 unspecified atom stereocenters. The molecular formula is C20H29N5O4. The van der Waals surface area contributed by atoms with Gasteiger partial charge in [0.1, 0.15) is 0 Å². The van der Waals surface area contributed by atoms with Gasteiger partial charge in [-0.15, -0.1) is 5.10 Å². The molecule has 0 fully saturated rings. The molecule has 0 saturated carbocycles. The van der Waals surface area contributed by atoms with Gasteiger partial charge in [-0.25, -0.2) is 4.68 Å². The lowest BCUT2D eigenvalue weighted by Gasteiger charge is -2.16. The molecule has 0 radical (unpaired) electrons. The van der Waals surface area contributed by atoms with Gasteiger partial charge in [0, 0.05) is 24.9 Å². The molecule has 2 N–H and O–H groups in total. The molecule has 2 rings (SSSR count). The molecule has 0 saturated heterocycles. The Morgan fingerprint density at radius 2 is 1.76 bits per heavy atom. The highest BCUT2D eigenvalue weighted by Gasteiger charge is 2.15. The third-order valence-electron chi connectivity index (χ3n) is 3.84. The second-order valence-corrected chi connectivity index (χ2v) is 6.72. The number of anilines is 1. The maximum atomic E-state index is 12.4. The van der Waals surface area contributed by atoms with E-state index in [4.69, 9.17) is 9.47 Å². The smallest absolute Gasteiger partial charge is 0.277 e. The van der Waals surface area contributed by atoms with Crippen LogP contribution in [0.3, 0.4) is 0 Å². The maximum absolute atomic E-state index is 12.4. The third-order valence-corrected chi connectivity index (χ3v) is 3.84. The number of hydrogen-bond acceptors (Lipinski definition) is 6. The highest BCUT2D eigenvalue weighted by molar-refractivity contribution is 6.02. The van der Waals surface area contributed by atoms with Gasteiger partial charge in [-0.2, -0.15) is 0 Å². The van der Waals surface area contributed by atoms with Crippen molar-refractivity contribution >= 4 is 17.5 Å². The molecule has 29 heavy (non-hydrogen) atoms. The number of aromatic nitrogens is 3. The molecule has 1 heterocycles. The Morgan fingerprint density at radius 1 is 1.10 bits per heavy atom. The standard InChI is InChI=1S/C20H29N5O4/c1-5-28-19(29-6-2)13-25-12-17(23-24-25)20(27)22-16-9-7-15(8-10-16)11-18(26)21-14(3)4/h7-10,12,14,19H,5-6,11,13H2,1-4H3,(H,21,26)(H,22,27). The first-order valence-electron chi connectivity index (χ1n) is 9.74. The van der Waals surface area contributed by atoms with Crippen LogP contribution in [-0.2, 0) is 27.2 Å². The summed E-state index contributed by atoms with van der Waals surface area (Å²) in [5.74, 6) is -0.406. The lowest BCUT2D eigenvalue weighted by molar-refractivity contribution is -0.145. The van der Waals surface area contributed by atoms with E-state index >= 15 is 0 Å². The van der Waals surface area contributed by atoms with Crippen LogP contribution in [-0.4, -0.2) is 52.4 Å². The molecule has 0 spiro atoms. The van der Waals surface area contributed by atoms with Gasteiger partial charge in [0.15, 0.2) is 12.0 Å². The van der Waals surface area contributed by atoms with E-state index in [9.17, 15) is 9.59 Å². The fourth-order valence-corrected chi connectivity index (χ4v) is 2.63. The van der Waals surface area contributed by atoms with E-state index in [0.717, 1.165) is 5.56 Å². The number of nitrogens with one attached hydrogen (secondary N) is 2. The van der Waals surface area contributed by atoms with Crippen LogP contribution in [0, 0.1) is 0 Å². The minimum atomic E-state index is -0.442. The van der Waals surface area contributed by atoms with Gasteiger partial charge < -0.3 is 20.1 Å². The minimum absolute atomic E-state index is 0.0363. The molecule has 2 aromatic rings. The average Bonchev–Trinajstić information content (AvgIpc) is 3.12. The zero-order chi connectivity index (χ0) is 21.2. The monoisotopic (exact) mass is 403 g/mol. The molecule has 0 aliphatic carbocycles. The van der Waals surface area contributed by atoms with Crippen molar-refractivity contribution in [1.82, 2.24) is 20.3 Å². The van der Waals surface area contributed by atoms with Crippen molar-refractivity contribution in [1.29, 1.82) is 0 Å². The first kappa shape index (κ1) is 22.5. The number of amides is 2. The maximum Gasteiger partial charge on any atom is 0.277 e. The van der Waals surface area contributed by atoms with E-state index in [1.807, 2.05) is 27.7 Å². The number of rotatable bonds is 11. The number of carbonyl (C=O) groups excluding carboxylic acids is 2. The van der Waals surface area contributed by atoms with Gasteiger partial charge in [0.2, 0.25) is 5.91 Å². The molecule has 1 aromatic carbocycles. The number of hydrogen-bond donors (Lipinski definition) is 2. The van der Waals surface area contributed by atoms with E-state index in [1.54, 1.807) is 30.5 Å². The third kappa shape index (κ3) is 7.63. The zero-order valence-electron chi connectivity index (χ0n) is 17.3. The Bertz CT molecular complexity index is 782. The Balaban J connectivity index is 1.91. The number of nitrogens with zero attached hydrogens (tertiary/aromatic N) is 3. The first-order chi connectivity index (χ1) is 13.9. The SMILES string of the molecule is CCOC(Cn1cc(C(=O)Nc2ccc(CC(=O)NC(C)C)cc2)nn1)OCC. The van der Waals surface area contributed by atoms with Crippen molar-refractivity contribution in [3.63, 3.8) is 0 Å². The van der Waals surface area contributed by atoms with Crippen molar-refractivity contribution in [2.45, 2.75) is 53.0 Å². The van der Waals surface area contributed by atoms with E-state index < -0.39 is 6.29 Å². The number of benzene rings is 1. The summed E-state index contributed by atoms with van der Waals surface area (Å²) in [6.07, 6.45) is 1.40. The zero-order valence-corrected chi connectivity index (χ0v) is 17.3. The normalized spacial score (nSPS) is 11.1. The fourth-order valence-electron chi connectivity index (χ4n) is 2.63. The summed E-state index contributed by atoms with van der Waals surface area (Å²) in [5.41, 5.74) is 1.67. The Labute approximate surface area is 170 Å². The van der Waals surface area contributed by atoms with Crippen LogP contribution in [0.25, 0.3) is 0 Å². The van der Waals surface area contributed by atoms with Gasteiger partial charge in [0.25, 0.3) is 5.91 Å². The summed E-state index contributed by atoms with van der Waals surface area (Å²) in [6.45, 7) is 8.97. The Kier molecular flexibility index (Phi) is 8.75. The molecule has 1 aromatic heterocycles. The molecule has 0 aliphatic heterocycles. The summed E-state index contributed by atoms with van der Waals surface area (Å²) in [5, 5.41) is 13.5. The summed E-state index contributed by atoms with van der Waals surface area (Å²) in [6, 6.07) is 7.22. The molecule has 0 bridgehead atoms. The van der Waals surface area contributed by atoms with E-state index in [1.165, 1.54) is 4.68 Å². The van der Waals surface area contributed by atoms with Crippen LogP contribution in [0.5, 0.6) is 0 Å². The molecular weight excluding hydrogens is 374 g/mol. The van der Waals surface area contributed by atoms with Gasteiger partial charge >= 0.3 is 0 Å². The first-order valence-corrected chi connectivity index (χ1v) is 9.74. The van der Waals surface area contributed by atoms with Gasteiger partial charge in [-0.3, -0.25) is 9.59 Å². The predicted octanol–water partition coefficient (Wildman–Crippen LogP) is 2.00. The summed E-state index contributed by atoms with van der Waals surface area (Å²) in [7, 11) is 0. The number of ether oxygens (including phenoxy) is 2. The second-order valence-electron chi connectivity index (χ2n) is 6.72. The molecule has 0 aliphatic rings. The summed E-state index contributed by atoms with van der Waals surface area (Å²) in [4.78, 5) is 24.2. The molecule has 9 heteroatoms. The lowest BCUT2D eigenvalue weighted by Crippen LogP contribution is -2.31. The van der Waals surface area contributed by atoms with E-state index in [-0.39, 0.29) is 23.6 Å². The average molecular weight is 403 g/mol. The van der Waals surface area contributed by atoms with E-state index in [0.29, 0.717) is 31.9 Å². The molecule has 0 atom stereocenters. The Hall–Kier alpha value is -2.78. The van der Waals surface area contributed by atoms with Crippen LogP contribution in [0.4, 0.5) is 5.69 Å². The van der Waals surface area contributed by atoms with Gasteiger partial charge in [-0.05, 0) is 45.4 Å². The number of carbonyl (C=O) groups is 2. The van der Waals surface area contributed by atoms with Crippen LogP contribution in [0.15, 0.2) is 30.5 Å². The highest BCUT2D eigenvalue weighted by Crippen LogP contribution is 2.12. The van der Waals surface area contributed by atoms with Gasteiger partial charge in [-0.1, -0.05) is 17.3 Å². The fraction of sp³-hybridized carbons (Fsp3) is 0.500. The predicted molar refractivity (Wildman–Crippen MR) is 108 cm³/mol. The topological polar surface area (TPSA) is 107 Å². The van der Waals surface area contributed by atoms with Gasteiger partial charge in [0.05, 0.1) is 19.2 Å². The Morgan fingerprint density at radius 3 is 2.34 bits per heavy atom. The van der Waals surface area contributed by atoms with Crippen molar-refractivity contribution in [3.05, 3.63) is 41.7 Å². The van der Waals surface area contributed by atoms with Crippen LogP contribution < -0.4 is 10.6 Å². The summed E-state index contributed by atoms with van der Waals surface area (Å²) >= 11 is 0. The molecule has 9 nitrogen and oxygen atoms in total. The van der Waals surface area contributed by atoms with Crippen molar-refractivity contribution < 1.29 is 19.1 Å². The van der Waals surface area contributed by atoms with Crippen LogP contribution in [0.2, 0.25) is 0 Å². The van der Waals surface area contributed by atoms with Crippen molar-refractivity contribution in [2.24, 2.45) is 0 Å². The molecule has 2 amide bonds. The van der Waals surface area contributed by atoms with Crippen molar-refractivity contribution in [3.8, 4) is 0 Å².